The number of amides is 8. The molecule has 18 rings (SSSR count). The predicted molar refractivity (Wildman–Crippen MR) is 527 cm³/mol. The molecular formula is C96H101N25O10S4. The summed E-state index contributed by atoms with van der Waals surface area (Å²) in [6, 6.07) is 35.8. The lowest BCUT2D eigenvalue weighted by Gasteiger charge is -2.26. The fourth-order valence-corrected chi connectivity index (χ4v) is 17.9. The molecule has 35 nitrogen and oxygen atoms in total. The molecule has 0 bridgehead atoms. The van der Waals surface area contributed by atoms with Gasteiger partial charge in [0.2, 0.25) is 0 Å². The number of carbonyl (C=O) groups is 4. The van der Waals surface area contributed by atoms with Gasteiger partial charge in [0.05, 0.1) is 83.1 Å². The molecule has 16 aromatic rings. The quantitative estimate of drug-likeness (QED) is 0.0227. The van der Waals surface area contributed by atoms with E-state index in [1.54, 1.807) is 102 Å². The van der Waals surface area contributed by atoms with Crippen molar-refractivity contribution >= 4 is 131 Å². The number of fused-ring (bicyclic) bond motifs is 4. The van der Waals surface area contributed by atoms with Gasteiger partial charge in [-0.3, -0.25) is 46.1 Å². The first-order chi connectivity index (χ1) is 65.3. The summed E-state index contributed by atoms with van der Waals surface area (Å²) in [5, 5.41) is 64.8. The number of aliphatic hydroxyl groups excluding tert-OH is 2. The second kappa shape index (κ2) is 44.2. The van der Waals surface area contributed by atoms with Gasteiger partial charge >= 0.3 is 24.1 Å². The second-order valence-electron chi connectivity index (χ2n) is 32.3. The zero-order valence-corrected chi connectivity index (χ0v) is 78.8. The van der Waals surface area contributed by atoms with Crippen LogP contribution in [0, 0.1) is 5.92 Å². The molecule has 1 aliphatic carbocycles. The van der Waals surface area contributed by atoms with E-state index in [2.05, 4.69) is 122 Å². The molecule has 135 heavy (non-hydrogen) atoms. The molecule has 694 valence electrons. The van der Waals surface area contributed by atoms with Gasteiger partial charge in [-0.15, -0.1) is 0 Å². The lowest BCUT2D eigenvalue weighted by Crippen LogP contribution is -2.38. The predicted octanol–water partition coefficient (Wildman–Crippen LogP) is 17.3. The average molecular weight is 1890 g/mol. The number of benzene rings is 4. The summed E-state index contributed by atoms with van der Waals surface area (Å²) in [5.41, 5.74) is 14.1. The molecule has 1 aliphatic heterocycles. The summed E-state index contributed by atoms with van der Waals surface area (Å²) in [6.45, 7) is 23.0. The van der Waals surface area contributed by atoms with Crippen molar-refractivity contribution in [1.82, 2.24) is 106 Å². The van der Waals surface area contributed by atoms with Gasteiger partial charge in [-0.25, -0.2) is 79.0 Å². The van der Waals surface area contributed by atoms with E-state index < -0.39 is 23.4 Å². The number of aliphatic hydroxyl groups is 4. The smallest absolute Gasteiger partial charge is 0.321 e. The zero-order valence-electron chi connectivity index (χ0n) is 75.5. The van der Waals surface area contributed by atoms with Gasteiger partial charge in [-0.1, -0.05) is 77.4 Å². The highest BCUT2D eigenvalue weighted by molar-refractivity contribution is 7.24. The first-order valence-corrected chi connectivity index (χ1v) is 47.3. The number of pyridine rings is 4. The third kappa shape index (κ3) is 24.7. The molecule has 2 unspecified atom stereocenters. The van der Waals surface area contributed by atoms with Crippen LogP contribution in [0.2, 0.25) is 0 Å². The standard InChI is InChI=1S/C28H33N7O4S.C23H22N6O2S.C23H24N6O2S.C22H22N6O2S/c1-4-29-26(36)34-27-33-23-14-18(19-15-31-25(32-16-19)28(2,3)37)13-21(24(23)40-27)22-6-5-20(17-30-22)39-12-9-35-7-10-38-11-8-35;1-2-24-22(31)29-23-28-18-10-14(9-16(20(18)32-23)17-5-3-4-8-25-17)15-11-26-21(27-12-15)19(30)13-6-7-13;1-4-8-25-21(30)29-22-28-18-11-14(15-12-26-20(27-13-15)23(2,3)31)10-16(19(18)32-22)17-7-5-6-9-24-17;1-3-18(29)20-25-11-14(12-26-20)13-9-15(16-7-5-6-8-24-16)19-17(10-13)27-22(31-19)28-21(30)23-4-2/h5-6,13-17,37H,4,7-12H2,1-3H3,(H2,29,33,34,36);3-5,8-13,19,30H,2,6-7H2,1H3,(H2,24,28,29,31);5-7,9-13,31H,4,8H2,1-3H3,(H2,25,28,29,30);5-12,18,29H,3-4H2,1-2H3,(H2,23,27,28,30). The topological polar surface area (TPSA) is 473 Å². The van der Waals surface area contributed by atoms with Crippen molar-refractivity contribution in [1.29, 1.82) is 0 Å². The highest BCUT2D eigenvalue weighted by Crippen LogP contribution is 2.45. The minimum Gasteiger partial charge on any atom is -0.491 e. The number of thiazole rings is 4. The van der Waals surface area contributed by atoms with Gasteiger partial charge in [0.15, 0.2) is 43.8 Å². The zero-order chi connectivity index (χ0) is 94.7. The van der Waals surface area contributed by atoms with Crippen molar-refractivity contribution in [2.45, 2.75) is 111 Å². The van der Waals surface area contributed by atoms with E-state index in [-0.39, 0.29) is 30.0 Å². The first kappa shape index (κ1) is 95.6. The number of urea groups is 4. The normalized spacial score (nSPS) is 13.1. The molecule has 0 spiro atoms. The van der Waals surface area contributed by atoms with E-state index in [1.807, 2.05) is 150 Å². The van der Waals surface area contributed by atoms with Crippen LogP contribution in [0.5, 0.6) is 5.75 Å². The largest absolute Gasteiger partial charge is 0.491 e. The Hall–Kier alpha value is -14.0. The van der Waals surface area contributed by atoms with E-state index in [9.17, 15) is 39.6 Å². The van der Waals surface area contributed by atoms with Crippen LogP contribution < -0.4 is 47.3 Å². The van der Waals surface area contributed by atoms with Crippen LogP contribution >= 0.6 is 45.3 Å². The van der Waals surface area contributed by atoms with Crippen LogP contribution in [-0.4, -0.2) is 195 Å². The fraction of sp³-hybridized carbons (Fsp3) is 0.292. The second-order valence-corrected chi connectivity index (χ2v) is 36.3. The minimum absolute atomic E-state index is 0.277. The number of carbonyl (C=O) groups excluding carboxylic acids is 4. The van der Waals surface area contributed by atoms with Gasteiger partial charge in [-0.2, -0.15) is 0 Å². The fourth-order valence-electron chi connectivity index (χ4n) is 14.1. The van der Waals surface area contributed by atoms with E-state index >= 15 is 0 Å². The number of morpholine rings is 1. The van der Waals surface area contributed by atoms with Crippen LogP contribution in [-0.2, 0) is 15.9 Å². The Morgan fingerprint density at radius 1 is 0.430 bits per heavy atom. The van der Waals surface area contributed by atoms with Crippen molar-refractivity contribution in [3.63, 3.8) is 0 Å². The number of ether oxygens (including phenoxy) is 2. The van der Waals surface area contributed by atoms with Crippen molar-refractivity contribution in [2.24, 2.45) is 5.92 Å². The van der Waals surface area contributed by atoms with Crippen molar-refractivity contribution < 1.29 is 49.1 Å². The Bertz CT molecular complexity index is 6750. The Balaban J connectivity index is 0.000000138. The monoisotopic (exact) mass is 1890 g/mol. The summed E-state index contributed by atoms with van der Waals surface area (Å²) in [6.07, 6.45) is 22.7. The number of hydrogen-bond donors (Lipinski definition) is 12. The molecule has 39 heteroatoms. The van der Waals surface area contributed by atoms with Crippen LogP contribution in [0.4, 0.5) is 39.7 Å². The maximum absolute atomic E-state index is 12.1. The van der Waals surface area contributed by atoms with Gasteiger partial charge in [0.25, 0.3) is 0 Å². The molecule has 12 aromatic heterocycles. The number of hydrogen-bond acceptors (Lipinski definition) is 31. The summed E-state index contributed by atoms with van der Waals surface area (Å²) in [5.74, 6) is 2.53. The number of rotatable bonds is 27. The van der Waals surface area contributed by atoms with Crippen LogP contribution in [0.1, 0.15) is 124 Å². The highest BCUT2D eigenvalue weighted by atomic mass is 32.1. The number of anilines is 4. The third-order valence-corrected chi connectivity index (χ3v) is 25.2. The van der Waals surface area contributed by atoms with E-state index in [0.29, 0.717) is 94.3 Å². The Labute approximate surface area is 793 Å². The van der Waals surface area contributed by atoms with Crippen molar-refractivity contribution in [3.8, 4) is 95.3 Å². The Kier molecular flexibility index (Phi) is 31.3. The molecule has 8 amide bonds. The molecule has 2 atom stereocenters. The van der Waals surface area contributed by atoms with E-state index in [4.69, 9.17) is 14.5 Å². The van der Waals surface area contributed by atoms with E-state index in [1.165, 1.54) is 45.3 Å². The highest BCUT2D eigenvalue weighted by Gasteiger charge is 2.33. The first-order valence-electron chi connectivity index (χ1n) is 44.1. The molecule has 13 heterocycles. The third-order valence-electron chi connectivity index (χ3n) is 21.1. The number of nitrogens with one attached hydrogen (secondary N) is 8. The molecule has 1 saturated carbocycles. The van der Waals surface area contributed by atoms with Crippen molar-refractivity contribution in [3.05, 3.63) is 213 Å². The molecule has 2 fully saturated rings. The Morgan fingerprint density at radius 2 is 0.778 bits per heavy atom. The SMILES string of the molecule is CCCNC(=O)Nc1nc2cc(-c3cnc(C(C)(C)O)nc3)cc(-c3ccccn3)c2s1.CCNC(=O)Nc1nc2cc(-c3cnc(C(C)(C)O)nc3)cc(-c3ccc(OCCN4CCOCC4)cn3)c2s1.CCNC(=O)Nc1nc2cc(-c3cnc(C(O)C4CC4)nc3)cc(-c3ccccn3)c2s1.CCNC(=O)Nc1nc2cc(-c3cnc(C(O)CC)nc3)cc(-c3ccccn3)c2s1. The Morgan fingerprint density at radius 3 is 1.09 bits per heavy atom. The van der Waals surface area contributed by atoms with Crippen LogP contribution in [0.25, 0.3) is 130 Å². The molecular weight excluding hydrogens is 1790 g/mol. The minimum atomic E-state index is -1.14. The lowest BCUT2D eigenvalue weighted by molar-refractivity contribution is 0.0322. The summed E-state index contributed by atoms with van der Waals surface area (Å²) < 4.78 is 15.0. The molecule has 4 aromatic carbocycles. The number of aromatic nitrogens is 16. The maximum atomic E-state index is 12.1. The van der Waals surface area contributed by atoms with Gasteiger partial charge in [0.1, 0.15) is 35.8 Å². The molecule has 2 aliphatic rings. The van der Waals surface area contributed by atoms with Crippen LogP contribution in [0.3, 0.4) is 0 Å². The van der Waals surface area contributed by atoms with Gasteiger partial charge < -0.3 is 51.2 Å². The van der Waals surface area contributed by atoms with Crippen LogP contribution in [0.15, 0.2) is 190 Å². The number of nitrogens with zero attached hydrogens (tertiary/aromatic N) is 17. The molecule has 12 N–H and O–H groups in total. The van der Waals surface area contributed by atoms with Gasteiger partial charge in [-0.05, 0) is 199 Å². The summed E-state index contributed by atoms with van der Waals surface area (Å²) in [4.78, 5) is 122. The van der Waals surface area contributed by atoms with Gasteiger partial charge in [0, 0.05) is 158 Å². The van der Waals surface area contributed by atoms with Crippen molar-refractivity contribution in [2.75, 3.05) is 86.9 Å². The maximum Gasteiger partial charge on any atom is 0.321 e. The molecule has 0 radical (unpaired) electrons. The van der Waals surface area contributed by atoms with E-state index in [0.717, 1.165) is 177 Å². The lowest BCUT2D eigenvalue weighted by atomic mass is 10.0. The average Bonchev–Trinajstić information content (AvgIpc) is 1.66. The summed E-state index contributed by atoms with van der Waals surface area (Å²) >= 11 is 5.59. The summed E-state index contributed by atoms with van der Waals surface area (Å²) in [7, 11) is 0. The molecule has 1 saturated heterocycles.